The summed E-state index contributed by atoms with van der Waals surface area (Å²) in [7, 11) is 0. The Bertz CT molecular complexity index is 645. The number of rotatable bonds is 5. The number of amides is 1. The normalized spacial score (nSPS) is 12.2. The zero-order valence-corrected chi connectivity index (χ0v) is 10.8. The van der Waals surface area contributed by atoms with Gasteiger partial charge in [0.2, 0.25) is 5.89 Å². The van der Waals surface area contributed by atoms with Crippen LogP contribution in [0.3, 0.4) is 0 Å². The van der Waals surface area contributed by atoms with Gasteiger partial charge in [-0.05, 0) is 17.7 Å². The highest BCUT2D eigenvalue weighted by atomic mass is 19.2. The number of nitrogens with two attached hydrogens (primary N) is 1. The summed E-state index contributed by atoms with van der Waals surface area (Å²) < 4.78 is 30.7. The minimum Gasteiger partial charge on any atom is -0.446 e. The van der Waals surface area contributed by atoms with Crippen molar-refractivity contribution in [1.82, 2.24) is 10.3 Å². The molecule has 1 unspecified atom stereocenters. The number of hydrogen-bond acceptors (Lipinski definition) is 5. The van der Waals surface area contributed by atoms with Gasteiger partial charge in [0.15, 0.2) is 17.3 Å². The van der Waals surface area contributed by atoms with Crippen molar-refractivity contribution in [2.24, 2.45) is 5.73 Å². The average Bonchev–Trinajstić information content (AvgIpc) is 2.97. The number of nitrogens with one attached hydrogen (secondary N) is 1. The lowest BCUT2D eigenvalue weighted by Gasteiger charge is -2.04. The summed E-state index contributed by atoms with van der Waals surface area (Å²) in [6.07, 6.45) is 1.10. The second-order valence-corrected chi connectivity index (χ2v) is 4.29. The average molecular weight is 297 g/mol. The fourth-order valence-corrected chi connectivity index (χ4v) is 1.56. The van der Waals surface area contributed by atoms with Crippen molar-refractivity contribution in [3.8, 4) is 0 Å². The molecule has 0 aliphatic carbocycles. The van der Waals surface area contributed by atoms with Gasteiger partial charge in [0.25, 0.3) is 5.91 Å². The lowest BCUT2D eigenvalue weighted by Crippen LogP contribution is -2.23. The molecule has 0 saturated heterocycles. The largest absolute Gasteiger partial charge is 0.446 e. The highest BCUT2D eigenvalue weighted by Gasteiger charge is 2.16. The SMILES string of the molecule is NC(CO)c1nc(C(=O)NCc2ccc(F)c(F)c2)co1. The monoisotopic (exact) mass is 297 g/mol. The number of aromatic nitrogens is 1. The van der Waals surface area contributed by atoms with Crippen LogP contribution in [-0.2, 0) is 6.54 Å². The van der Waals surface area contributed by atoms with E-state index in [1.54, 1.807) is 0 Å². The maximum atomic E-state index is 13.0. The Morgan fingerprint density at radius 1 is 1.43 bits per heavy atom. The number of oxazole rings is 1. The second kappa shape index (κ2) is 6.42. The summed E-state index contributed by atoms with van der Waals surface area (Å²) in [5.41, 5.74) is 5.87. The van der Waals surface area contributed by atoms with Gasteiger partial charge in [-0.15, -0.1) is 0 Å². The zero-order chi connectivity index (χ0) is 15.4. The third kappa shape index (κ3) is 3.61. The van der Waals surface area contributed by atoms with E-state index in [4.69, 9.17) is 15.3 Å². The van der Waals surface area contributed by atoms with E-state index in [0.29, 0.717) is 5.56 Å². The van der Waals surface area contributed by atoms with Gasteiger partial charge in [0, 0.05) is 6.54 Å². The Labute approximate surface area is 118 Å². The predicted molar refractivity (Wildman–Crippen MR) is 68.0 cm³/mol. The molecule has 1 heterocycles. The number of aliphatic hydroxyl groups is 1. The van der Waals surface area contributed by atoms with Gasteiger partial charge in [0.1, 0.15) is 12.3 Å². The first-order chi connectivity index (χ1) is 10.0. The van der Waals surface area contributed by atoms with Crippen LogP contribution < -0.4 is 11.1 Å². The van der Waals surface area contributed by atoms with Crippen LogP contribution in [0.1, 0.15) is 28.0 Å². The summed E-state index contributed by atoms with van der Waals surface area (Å²) in [6, 6.07) is 2.52. The molecule has 0 bridgehead atoms. The van der Waals surface area contributed by atoms with E-state index < -0.39 is 23.6 Å². The van der Waals surface area contributed by atoms with E-state index >= 15 is 0 Å². The summed E-state index contributed by atoms with van der Waals surface area (Å²) >= 11 is 0. The fourth-order valence-electron chi connectivity index (χ4n) is 1.56. The summed E-state index contributed by atoms with van der Waals surface area (Å²) in [5, 5.41) is 11.3. The number of nitrogens with zero attached hydrogens (tertiary/aromatic N) is 1. The molecule has 112 valence electrons. The molecule has 0 fully saturated rings. The molecule has 0 spiro atoms. The quantitative estimate of drug-likeness (QED) is 0.760. The molecule has 0 aliphatic heterocycles. The van der Waals surface area contributed by atoms with Crippen molar-refractivity contribution in [3.05, 3.63) is 53.2 Å². The third-order valence-electron chi connectivity index (χ3n) is 2.71. The standard InChI is InChI=1S/C13H13F2N3O3/c14-8-2-1-7(3-9(8)15)4-17-12(20)11-6-21-13(18-11)10(16)5-19/h1-3,6,10,19H,4-5,16H2,(H,17,20). The van der Waals surface area contributed by atoms with E-state index in [2.05, 4.69) is 10.3 Å². The van der Waals surface area contributed by atoms with Crippen LogP contribution in [0, 0.1) is 11.6 Å². The van der Waals surface area contributed by atoms with Crippen molar-refractivity contribution >= 4 is 5.91 Å². The molecular weight excluding hydrogens is 284 g/mol. The van der Waals surface area contributed by atoms with Gasteiger partial charge >= 0.3 is 0 Å². The lowest BCUT2D eigenvalue weighted by molar-refractivity contribution is 0.0945. The van der Waals surface area contributed by atoms with Gasteiger partial charge in [-0.2, -0.15) is 0 Å². The molecule has 6 nitrogen and oxygen atoms in total. The highest BCUT2D eigenvalue weighted by Crippen LogP contribution is 2.11. The number of benzene rings is 1. The molecule has 0 radical (unpaired) electrons. The highest BCUT2D eigenvalue weighted by molar-refractivity contribution is 5.91. The molecule has 0 saturated carbocycles. The Balaban J connectivity index is 1.98. The Morgan fingerprint density at radius 3 is 2.86 bits per heavy atom. The molecule has 0 aliphatic rings. The van der Waals surface area contributed by atoms with Gasteiger partial charge in [-0.3, -0.25) is 4.79 Å². The van der Waals surface area contributed by atoms with Crippen molar-refractivity contribution in [2.75, 3.05) is 6.61 Å². The molecule has 8 heteroatoms. The van der Waals surface area contributed by atoms with Crippen molar-refractivity contribution in [2.45, 2.75) is 12.6 Å². The Morgan fingerprint density at radius 2 is 2.19 bits per heavy atom. The smallest absolute Gasteiger partial charge is 0.273 e. The van der Waals surface area contributed by atoms with Crippen LogP contribution in [0.2, 0.25) is 0 Å². The topological polar surface area (TPSA) is 101 Å². The molecule has 4 N–H and O–H groups in total. The first kappa shape index (κ1) is 15.1. The van der Waals surface area contributed by atoms with E-state index in [0.717, 1.165) is 18.4 Å². The second-order valence-electron chi connectivity index (χ2n) is 4.29. The van der Waals surface area contributed by atoms with Crippen molar-refractivity contribution < 1.29 is 23.1 Å². The van der Waals surface area contributed by atoms with Crippen molar-refractivity contribution in [3.63, 3.8) is 0 Å². The molecule has 1 atom stereocenters. The number of carbonyl (C=O) groups is 1. The molecule has 2 rings (SSSR count). The van der Waals surface area contributed by atoms with Gasteiger partial charge in [-0.1, -0.05) is 6.07 Å². The molecule has 1 aromatic carbocycles. The van der Waals surface area contributed by atoms with E-state index in [1.165, 1.54) is 6.07 Å². The first-order valence-electron chi connectivity index (χ1n) is 6.05. The summed E-state index contributed by atoms with van der Waals surface area (Å²) in [5.74, 6) is -2.46. The molecule has 2 aromatic rings. The number of hydrogen-bond donors (Lipinski definition) is 3. The van der Waals surface area contributed by atoms with Gasteiger partial charge in [-0.25, -0.2) is 13.8 Å². The first-order valence-corrected chi connectivity index (χ1v) is 6.05. The molecule has 1 aromatic heterocycles. The van der Waals surface area contributed by atoms with Gasteiger partial charge < -0.3 is 20.6 Å². The van der Waals surface area contributed by atoms with E-state index in [9.17, 15) is 13.6 Å². The number of aliphatic hydroxyl groups excluding tert-OH is 1. The minimum absolute atomic E-state index is 0.00425. The van der Waals surface area contributed by atoms with E-state index in [1.807, 2.05) is 0 Å². The van der Waals surface area contributed by atoms with Gasteiger partial charge in [0.05, 0.1) is 6.61 Å². The zero-order valence-electron chi connectivity index (χ0n) is 10.8. The van der Waals surface area contributed by atoms with Crippen LogP contribution in [0.25, 0.3) is 0 Å². The molecular formula is C13H13F2N3O3. The predicted octanol–water partition coefficient (Wildman–Crippen LogP) is 0.875. The maximum Gasteiger partial charge on any atom is 0.273 e. The summed E-state index contributed by atoms with van der Waals surface area (Å²) in [6.45, 7) is -0.360. The van der Waals surface area contributed by atoms with E-state index in [-0.39, 0.29) is 24.7 Å². The minimum atomic E-state index is -0.987. The number of halogens is 2. The lowest BCUT2D eigenvalue weighted by atomic mass is 10.2. The van der Waals surface area contributed by atoms with Crippen molar-refractivity contribution in [1.29, 1.82) is 0 Å². The Hall–Kier alpha value is -2.32. The van der Waals surface area contributed by atoms with Crippen LogP contribution in [0.15, 0.2) is 28.9 Å². The van der Waals surface area contributed by atoms with Crippen LogP contribution >= 0.6 is 0 Å². The molecule has 21 heavy (non-hydrogen) atoms. The number of carbonyl (C=O) groups excluding carboxylic acids is 1. The maximum absolute atomic E-state index is 13.0. The van der Waals surface area contributed by atoms with Crippen LogP contribution in [-0.4, -0.2) is 22.6 Å². The molecule has 1 amide bonds. The van der Waals surface area contributed by atoms with Crippen LogP contribution in [0.4, 0.5) is 8.78 Å². The summed E-state index contributed by atoms with van der Waals surface area (Å²) in [4.78, 5) is 15.6. The Kier molecular flexibility index (Phi) is 4.61. The third-order valence-corrected chi connectivity index (χ3v) is 2.71. The van der Waals surface area contributed by atoms with Crippen LogP contribution in [0.5, 0.6) is 0 Å². The fraction of sp³-hybridized carbons (Fsp3) is 0.231.